The molecular weight excluding hydrogens is 252 g/mol. The van der Waals surface area contributed by atoms with Crippen molar-refractivity contribution < 1.29 is 9.47 Å². The molecule has 0 bridgehead atoms. The summed E-state index contributed by atoms with van der Waals surface area (Å²) in [5.41, 5.74) is 7.47. The van der Waals surface area contributed by atoms with Gasteiger partial charge in [0.15, 0.2) is 0 Å². The minimum absolute atomic E-state index is 0.0307. The van der Waals surface area contributed by atoms with E-state index in [0.717, 1.165) is 30.9 Å². The molecule has 20 heavy (non-hydrogen) atoms. The van der Waals surface area contributed by atoms with Crippen LogP contribution in [0.25, 0.3) is 0 Å². The first-order valence-electron chi connectivity index (χ1n) is 7.44. The minimum Gasteiger partial charge on any atom is -0.494 e. The van der Waals surface area contributed by atoms with E-state index >= 15 is 0 Å². The molecule has 2 N–H and O–H groups in total. The molecule has 1 unspecified atom stereocenters. The Hall–Kier alpha value is -1.10. The molecule has 3 atom stereocenters. The van der Waals surface area contributed by atoms with Gasteiger partial charge in [-0.1, -0.05) is 12.1 Å². The summed E-state index contributed by atoms with van der Waals surface area (Å²) < 4.78 is 11.2. The Morgan fingerprint density at radius 1 is 1.25 bits per heavy atom. The van der Waals surface area contributed by atoms with Gasteiger partial charge in [0.1, 0.15) is 5.75 Å². The third kappa shape index (κ3) is 4.20. The molecule has 4 nitrogen and oxygen atoms in total. The molecule has 1 saturated heterocycles. The molecule has 1 aliphatic heterocycles. The molecule has 0 spiro atoms. The Kier molecular flexibility index (Phi) is 5.40. The lowest BCUT2D eigenvalue weighted by atomic mass is 10.1. The van der Waals surface area contributed by atoms with Gasteiger partial charge in [0.05, 0.1) is 18.8 Å². The first-order valence-corrected chi connectivity index (χ1v) is 7.44. The average molecular weight is 278 g/mol. The van der Waals surface area contributed by atoms with E-state index in [1.807, 2.05) is 19.1 Å². The fraction of sp³-hybridized carbons (Fsp3) is 0.625. The summed E-state index contributed by atoms with van der Waals surface area (Å²) in [6.45, 7) is 9.68. The van der Waals surface area contributed by atoms with E-state index in [9.17, 15) is 0 Å². The number of nitrogens with two attached hydrogens (primary N) is 1. The van der Waals surface area contributed by atoms with Crippen LogP contribution >= 0.6 is 0 Å². The predicted molar refractivity (Wildman–Crippen MR) is 81.0 cm³/mol. The zero-order chi connectivity index (χ0) is 14.5. The molecule has 4 heteroatoms. The highest BCUT2D eigenvalue weighted by atomic mass is 16.5. The average Bonchev–Trinajstić information content (AvgIpc) is 2.38. The van der Waals surface area contributed by atoms with Gasteiger partial charge in [0, 0.05) is 25.7 Å². The van der Waals surface area contributed by atoms with E-state index < -0.39 is 0 Å². The molecule has 1 aromatic rings. The van der Waals surface area contributed by atoms with E-state index in [1.165, 1.54) is 0 Å². The smallest absolute Gasteiger partial charge is 0.119 e. The number of nitrogens with zero attached hydrogens (tertiary/aromatic N) is 1. The van der Waals surface area contributed by atoms with Crippen LogP contribution in [0.1, 0.15) is 32.4 Å². The first kappa shape index (κ1) is 15.3. The standard InChI is InChI=1S/C16H26N2O2/c1-4-19-15-7-5-14(6-8-15)16(17)11-18-9-12(2)20-13(3)10-18/h5-8,12-13,16H,4,9-11,17H2,1-3H3/t12-,13+,16?. The van der Waals surface area contributed by atoms with Crippen LogP contribution in [0.5, 0.6) is 5.75 Å². The van der Waals surface area contributed by atoms with E-state index in [4.69, 9.17) is 15.2 Å². The maximum Gasteiger partial charge on any atom is 0.119 e. The summed E-state index contributed by atoms with van der Waals surface area (Å²) in [6, 6.07) is 8.13. The fourth-order valence-corrected chi connectivity index (χ4v) is 2.79. The zero-order valence-corrected chi connectivity index (χ0v) is 12.7. The molecule has 1 heterocycles. The fourth-order valence-electron chi connectivity index (χ4n) is 2.79. The molecule has 0 aromatic heterocycles. The second-order valence-corrected chi connectivity index (χ2v) is 5.58. The van der Waals surface area contributed by atoms with Crippen molar-refractivity contribution in [1.29, 1.82) is 0 Å². The van der Waals surface area contributed by atoms with Crippen LogP contribution < -0.4 is 10.5 Å². The second kappa shape index (κ2) is 7.07. The topological polar surface area (TPSA) is 47.7 Å². The molecule has 2 rings (SSSR count). The summed E-state index contributed by atoms with van der Waals surface area (Å²) >= 11 is 0. The van der Waals surface area contributed by atoms with Crippen molar-refractivity contribution >= 4 is 0 Å². The summed E-state index contributed by atoms with van der Waals surface area (Å²) in [4.78, 5) is 2.39. The van der Waals surface area contributed by atoms with E-state index in [1.54, 1.807) is 0 Å². The summed E-state index contributed by atoms with van der Waals surface area (Å²) in [5.74, 6) is 0.900. The van der Waals surface area contributed by atoms with Gasteiger partial charge in [-0.15, -0.1) is 0 Å². The van der Waals surface area contributed by atoms with Crippen LogP contribution in [-0.2, 0) is 4.74 Å². The van der Waals surface area contributed by atoms with Crippen molar-refractivity contribution in [3.63, 3.8) is 0 Å². The van der Waals surface area contributed by atoms with Crippen molar-refractivity contribution in [1.82, 2.24) is 4.90 Å². The number of morpholine rings is 1. The highest BCUT2D eigenvalue weighted by molar-refractivity contribution is 5.29. The first-order chi connectivity index (χ1) is 9.58. The quantitative estimate of drug-likeness (QED) is 0.897. The van der Waals surface area contributed by atoms with Crippen molar-refractivity contribution in [3.8, 4) is 5.75 Å². The molecule has 0 saturated carbocycles. The third-order valence-electron chi connectivity index (χ3n) is 3.57. The maximum atomic E-state index is 6.32. The van der Waals surface area contributed by atoms with Crippen LogP contribution in [-0.4, -0.2) is 43.3 Å². The lowest BCUT2D eigenvalue weighted by Crippen LogP contribution is -2.47. The van der Waals surface area contributed by atoms with Crippen molar-refractivity contribution in [3.05, 3.63) is 29.8 Å². The minimum atomic E-state index is 0.0307. The normalized spacial score (nSPS) is 25.4. The Labute approximate surface area is 121 Å². The Morgan fingerprint density at radius 3 is 2.40 bits per heavy atom. The number of hydrogen-bond acceptors (Lipinski definition) is 4. The van der Waals surface area contributed by atoms with Gasteiger partial charge in [-0.05, 0) is 38.5 Å². The number of benzene rings is 1. The largest absolute Gasteiger partial charge is 0.494 e. The lowest BCUT2D eigenvalue weighted by Gasteiger charge is -2.36. The highest BCUT2D eigenvalue weighted by Crippen LogP contribution is 2.19. The van der Waals surface area contributed by atoms with Crippen molar-refractivity contribution in [2.75, 3.05) is 26.2 Å². The van der Waals surface area contributed by atoms with Gasteiger partial charge in [0.2, 0.25) is 0 Å². The van der Waals surface area contributed by atoms with Crippen LogP contribution in [0, 0.1) is 0 Å². The molecular formula is C16H26N2O2. The van der Waals surface area contributed by atoms with Gasteiger partial charge in [-0.3, -0.25) is 4.90 Å². The molecule has 0 aliphatic carbocycles. The molecule has 0 amide bonds. The summed E-state index contributed by atoms with van der Waals surface area (Å²) in [5, 5.41) is 0. The molecule has 1 fully saturated rings. The second-order valence-electron chi connectivity index (χ2n) is 5.58. The predicted octanol–water partition coefficient (Wildman–Crippen LogP) is 2.19. The van der Waals surface area contributed by atoms with E-state index in [2.05, 4.69) is 30.9 Å². The van der Waals surface area contributed by atoms with Gasteiger partial charge >= 0.3 is 0 Å². The van der Waals surface area contributed by atoms with Gasteiger partial charge in [0.25, 0.3) is 0 Å². The van der Waals surface area contributed by atoms with Gasteiger partial charge in [-0.2, -0.15) is 0 Å². The van der Waals surface area contributed by atoms with Gasteiger partial charge < -0.3 is 15.2 Å². The van der Waals surface area contributed by atoms with Crippen LogP contribution in [0.15, 0.2) is 24.3 Å². The van der Waals surface area contributed by atoms with Gasteiger partial charge in [-0.25, -0.2) is 0 Å². The maximum absolute atomic E-state index is 6.32. The third-order valence-corrected chi connectivity index (χ3v) is 3.57. The Morgan fingerprint density at radius 2 is 1.85 bits per heavy atom. The van der Waals surface area contributed by atoms with Crippen molar-refractivity contribution in [2.45, 2.75) is 39.0 Å². The molecule has 112 valence electrons. The highest BCUT2D eigenvalue weighted by Gasteiger charge is 2.23. The molecule has 0 radical (unpaired) electrons. The van der Waals surface area contributed by atoms with Crippen molar-refractivity contribution in [2.24, 2.45) is 5.73 Å². The van der Waals surface area contributed by atoms with Crippen LogP contribution in [0.2, 0.25) is 0 Å². The molecule has 1 aliphatic rings. The molecule has 1 aromatic carbocycles. The van der Waals surface area contributed by atoms with E-state index in [-0.39, 0.29) is 18.2 Å². The van der Waals surface area contributed by atoms with E-state index in [0.29, 0.717) is 6.61 Å². The number of hydrogen-bond donors (Lipinski definition) is 1. The number of ether oxygens (including phenoxy) is 2. The lowest BCUT2D eigenvalue weighted by molar-refractivity contribution is -0.0691. The van der Waals surface area contributed by atoms with Crippen LogP contribution in [0.3, 0.4) is 0 Å². The Bertz CT molecular complexity index is 397. The van der Waals surface area contributed by atoms with Crippen LogP contribution in [0.4, 0.5) is 0 Å². The summed E-state index contributed by atoms with van der Waals surface area (Å²) in [7, 11) is 0. The Balaban J connectivity index is 1.92. The number of rotatable bonds is 5. The SMILES string of the molecule is CCOc1ccc(C(N)CN2C[C@@H](C)O[C@@H](C)C2)cc1. The zero-order valence-electron chi connectivity index (χ0n) is 12.7. The monoisotopic (exact) mass is 278 g/mol. The summed E-state index contributed by atoms with van der Waals surface area (Å²) in [6.07, 6.45) is 0.567.